The Labute approximate surface area is 92.4 Å². The molecule has 1 rings (SSSR count). The van der Waals surface area contributed by atoms with E-state index >= 15 is 0 Å². The van der Waals surface area contributed by atoms with E-state index in [4.69, 9.17) is 10.5 Å². The topological polar surface area (TPSA) is 52.3 Å². The molecule has 0 aromatic carbocycles. The smallest absolute Gasteiger partial charge is 0.306 e. The van der Waals surface area contributed by atoms with E-state index in [1.807, 2.05) is 0 Å². The summed E-state index contributed by atoms with van der Waals surface area (Å²) in [6.45, 7) is 4.31. The summed E-state index contributed by atoms with van der Waals surface area (Å²) >= 11 is 0. The van der Waals surface area contributed by atoms with Crippen molar-refractivity contribution in [2.24, 2.45) is 17.1 Å². The second kappa shape index (κ2) is 4.97. The highest BCUT2D eigenvalue weighted by atomic mass is 16.5. The molecule has 3 unspecified atom stereocenters. The standard InChI is InChI=1S/C12H23NO2/c1-4-10(13)12(8-11(14)15-3)7-5-6-9(12)2/h9-10H,4-8,13H2,1-3H3. The average Bonchev–Trinajstić information content (AvgIpc) is 2.60. The van der Waals surface area contributed by atoms with Crippen molar-refractivity contribution in [3.8, 4) is 0 Å². The molecule has 0 aliphatic heterocycles. The fourth-order valence-corrected chi connectivity index (χ4v) is 2.96. The van der Waals surface area contributed by atoms with Crippen LogP contribution in [-0.4, -0.2) is 19.1 Å². The van der Waals surface area contributed by atoms with Crippen LogP contribution in [0.1, 0.15) is 46.0 Å². The van der Waals surface area contributed by atoms with Gasteiger partial charge in [0.1, 0.15) is 0 Å². The number of rotatable bonds is 4. The van der Waals surface area contributed by atoms with Crippen molar-refractivity contribution in [2.75, 3.05) is 7.11 Å². The summed E-state index contributed by atoms with van der Waals surface area (Å²) in [6, 6.07) is 0.120. The molecule has 1 saturated carbocycles. The van der Waals surface area contributed by atoms with Crippen LogP contribution in [0.25, 0.3) is 0 Å². The van der Waals surface area contributed by atoms with Crippen LogP contribution in [0.3, 0.4) is 0 Å². The third-order valence-electron chi connectivity index (χ3n) is 4.14. The second-order valence-electron chi connectivity index (χ2n) is 4.79. The van der Waals surface area contributed by atoms with Crippen molar-refractivity contribution >= 4 is 5.97 Å². The van der Waals surface area contributed by atoms with Gasteiger partial charge in [-0.3, -0.25) is 4.79 Å². The Bertz CT molecular complexity index is 230. The molecule has 3 nitrogen and oxygen atoms in total. The van der Waals surface area contributed by atoms with E-state index in [-0.39, 0.29) is 17.4 Å². The second-order valence-corrected chi connectivity index (χ2v) is 4.79. The summed E-state index contributed by atoms with van der Waals surface area (Å²) in [5.41, 5.74) is 6.19. The van der Waals surface area contributed by atoms with Crippen LogP contribution >= 0.6 is 0 Å². The van der Waals surface area contributed by atoms with Gasteiger partial charge in [-0.2, -0.15) is 0 Å². The Morgan fingerprint density at radius 2 is 2.33 bits per heavy atom. The lowest BCUT2D eigenvalue weighted by molar-refractivity contribution is -0.144. The minimum absolute atomic E-state index is 0.0121. The Morgan fingerprint density at radius 3 is 2.73 bits per heavy atom. The largest absolute Gasteiger partial charge is 0.469 e. The molecule has 0 amide bonds. The van der Waals surface area contributed by atoms with Crippen LogP contribution in [0.4, 0.5) is 0 Å². The highest BCUT2D eigenvalue weighted by molar-refractivity contribution is 5.70. The molecule has 0 radical (unpaired) electrons. The van der Waals surface area contributed by atoms with Gasteiger partial charge in [0.05, 0.1) is 13.5 Å². The molecule has 1 fully saturated rings. The van der Waals surface area contributed by atoms with Gasteiger partial charge >= 0.3 is 5.97 Å². The van der Waals surface area contributed by atoms with Gasteiger partial charge in [0.2, 0.25) is 0 Å². The van der Waals surface area contributed by atoms with Gasteiger partial charge in [-0.25, -0.2) is 0 Å². The van der Waals surface area contributed by atoms with Crippen LogP contribution in [0.15, 0.2) is 0 Å². The van der Waals surface area contributed by atoms with Gasteiger partial charge in [-0.15, -0.1) is 0 Å². The monoisotopic (exact) mass is 213 g/mol. The number of methoxy groups -OCH3 is 1. The predicted molar refractivity (Wildman–Crippen MR) is 60.3 cm³/mol. The van der Waals surface area contributed by atoms with E-state index in [0.717, 1.165) is 12.8 Å². The third kappa shape index (κ3) is 2.33. The first kappa shape index (κ1) is 12.5. The third-order valence-corrected chi connectivity index (χ3v) is 4.14. The molecule has 0 aromatic rings. The maximum atomic E-state index is 11.5. The highest BCUT2D eigenvalue weighted by Gasteiger charge is 2.45. The fraction of sp³-hybridized carbons (Fsp3) is 0.917. The normalized spacial score (nSPS) is 32.7. The number of hydrogen-bond acceptors (Lipinski definition) is 3. The number of carbonyl (C=O) groups excluding carboxylic acids is 1. The molecular weight excluding hydrogens is 190 g/mol. The molecule has 0 heterocycles. The highest BCUT2D eigenvalue weighted by Crippen LogP contribution is 2.48. The lowest BCUT2D eigenvalue weighted by atomic mass is 9.69. The van der Waals surface area contributed by atoms with Crippen LogP contribution in [0.5, 0.6) is 0 Å². The molecule has 3 heteroatoms. The lowest BCUT2D eigenvalue weighted by Crippen LogP contribution is -2.44. The predicted octanol–water partition coefficient (Wildman–Crippen LogP) is 2.09. The Hall–Kier alpha value is -0.570. The van der Waals surface area contributed by atoms with E-state index in [1.54, 1.807) is 0 Å². The van der Waals surface area contributed by atoms with Crippen LogP contribution in [0, 0.1) is 11.3 Å². The maximum absolute atomic E-state index is 11.5. The molecule has 0 bridgehead atoms. The first-order chi connectivity index (χ1) is 7.06. The zero-order chi connectivity index (χ0) is 11.5. The maximum Gasteiger partial charge on any atom is 0.306 e. The number of carbonyl (C=O) groups is 1. The Balaban J connectivity index is 2.81. The van der Waals surface area contributed by atoms with Gasteiger partial charge in [-0.1, -0.05) is 26.7 Å². The molecule has 1 aliphatic carbocycles. The van der Waals surface area contributed by atoms with Crippen LogP contribution in [-0.2, 0) is 9.53 Å². The van der Waals surface area contributed by atoms with E-state index in [9.17, 15) is 4.79 Å². The molecule has 0 saturated heterocycles. The Morgan fingerprint density at radius 1 is 1.67 bits per heavy atom. The zero-order valence-corrected chi connectivity index (χ0v) is 10.1. The summed E-state index contributed by atoms with van der Waals surface area (Å²) in [6.07, 6.45) is 4.86. The summed E-state index contributed by atoms with van der Waals surface area (Å²) in [5, 5.41) is 0. The van der Waals surface area contributed by atoms with Gasteiger partial charge < -0.3 is 10.5 Å². The van der Waals surface area contributed by atoms with Crippen molar-refractivity contribution in [1.29, 1.82) is 0 Å². The summed E-state index contributed by atoms with van der Waals surface area (Å²) < 4.78 is 4.79. The first-order valence-electron chi connectivity index (χ1n) is 5.89. The van der Waals surface area contributed by atoms with Gasteiger partial charge in [-0.05, 0) is 24.2 Å². The fourth-order valence-electron chi connectivity index (χ4n) is 2.96. The van der Waals surface area contributed by atoms with Gasteiger partial charge in [0.25, 0.3) is 0 Å². The Kier molecular flexibility index (Phi) is 4.14. The van der Waals surface area contributed by atoms with Gasteiger partial charge in [0.15, 0.2) is 0 Å². The van der Waals surface area contributed by atoms with Crippen molar-refractivity contribution in [3.05, 3.63) is 0 Å². The van der Waals surface area contributed by atoms with Crippen molar-refractivity contribution in [2.45, 2.75) is 52.0 Å². The quantitative estimate of drug-likeness (QED) is 0.727. The van der Waals surface area contributed by atoms with Crippen molar-refractivity contribution < 1.29 is 9.53 Å². The molecule has 1 aliphatic rings. The van der Waals surface area contributed by atoms with E-state index in [1.165, 1.54) is 20.0 Å². The first-order valence-corrected chi connectivity index (χ1v) is 5.89. The van der Waals surface area contributed by atoms with E-state index < -0.39 is 0 Å². The number of esters is 1. The van der Waals surface area contributed by atoms with E-state index in [2.05, 4.69) is 13.8 Å². The minimum Gasteiger partial charge on any atom is -0.469 e. The number of nitrogens with two attached hydrogens (primary N) is 1. The molecule has 0 aromatic heterocycles. The summed E-state index contributed by atoms with van der Waals surface area (Å²) in [4.78, 5) is 11.5. The molecule has 0 spiro atoms. The minimum atomic E-state index is -0.118. The molecule has 2 N–H and O–H groups in total. The average molecular weight is 213 g/mol. The zero-order valence-electron chi connectivity index (χ0n) is 10.1. The lowest BCUT2D eigenvalue weighted by Gasteiger charge is -2.38. The number of hydrogen-bond donors (Lipinski definition) is 1. The van der Waals surface area contributed by atoms with Crippen molar-refractivity contribution in [3.63, 3.8) is 0 Å². The van der Waals surface area contributed by atoms with Crippen LogP contribution in [0.2, 0.25) is 0 Å². The van der Waals surface area contributed by atoms with E-state index in [0.29, 0.717) is 12.3 Å². The molecular formula is C12H23NO2. The van der Waals surface area contributed by atoms with Crippen molar-refractivity contribution in [1.82, 2.24) is 0 Å². The molecule has 3 atom stereocenters. The molecule has 15 heavy (non-hydrogen) atoms. The summed E-state index contributed by atoms with van der Waals surface area (Å²) in [7, 11) is 1.45. The summed E-state index contributed by atoms with van der Waals surface area (Å²) in [5.74, 6) is 0.416. The molecule has 88 valence electrons. The van der Waals surface area contributed by atoms with Crippen LogP contribution < -0.4 is 5.73 Å². The number of ether oxygens (including phenoxy) is 1. The van der Waals surface area contributed by atoms with Gasteiger partial charge in [0, 0.05) is 6.04 Å². The SMILES string of the molecule is CCC(N)C1(CC(=O)OC)CCCC1C.